The second kappa shape index (κ2) is 6.21. The van der Waals surface area contributed by atoms with Gasteiger partial charge in [0.15, 0.2) is 0 Å². The van der Waals surface area contributed by atoms with E-state index in [1.54, 1.807) is 25.1 Å². The number of anilines is 1. The van der Waals surface area contributed by atoms with Crippen LogP contribution < -0.4 is 4.90 Å². The lowest BCUT2D eigenvalue weighted by molar-refractivity contribution is -0.137. The number of hydrogen-bond donors (Lipinski definition) is 1. The van der Waals surface area contributed by atoms with E-state index < -0.39 is 11.8 Å². The van der Waals surface area contributed by atoms with E-state index >= 15 is 0 Å². The Balaban J connectivity index is 2.33. The van der Waals surface area contributed by atoms with Gasteiger partial charge in [0.2, 0.25) is 0 Å². The zero-order valence-corrected chi connectivity index (χ0v) is 11.5. The summed E-state index contributed by atoms with van der Waals surface area (Å²) >= 11 is 0. The van der Waals surface area contributed by atoms with Crippen LogP contribution in [0, 0.1) is 5.82 Å². The van der Waals surface area contributed by atoms with Crippen LogP contribution in [-0.2, 0) is 11.3 Å². The highest BCUT2D eigenvalue weighted by Crippen LogP contribution is 2.18. The van der Waals surface area contributed by atoms with Gasteiger partial charge in [-0.3, -0.25) is 9.59 Å². The third-order valence-corrected chi connectivity index (χ3v) is 3.04. The summed E-state index contributed by atoms with van der Waals surface area (Å²) in [6.45, 7) is 1.82. The minimum absolute atomic E-state index is 0.253. The molecule has 0 saturated heterocycles. The summed E-state index contributed by atoms with van der Waals surface area (Å²) in [6, 6.07) is 8.88. The topological polar surface area (TPSA) is 62.5 Å². The molecule has 21 heavy (non-hydrogen) atoms. The molecular formula is C15H15FN2O3. The maximum Gasteiger partial charge on any atom is 0.323 e. The fourth-order valence-corrected chi connectivity index (χ4v) is 2.12. The van der Waals surface area contributed by atoms with Gasteiger partial charge in [-0.15, -0.1) is 0 Å². The molecule has 1 aromatic heterocycles. The molecule has 0 spiro atoms. The molecule has 5 nitrogen and oxygen atoms in total. The molecule has 6 heteroatoms. The van der Waals surface area contributed by atoms with Gasteiger partial charge >= 0.3 is 5.97 Å². The molecule has 0 aliphatic rings. The molecule has 1 heterocycles. The van der Waals surface area contributed by atoms with Gasteiger partial charge in [-0.05, 0) is 37.3 Å². The molecule has 0 saturated carbocycles. The number of rotatable bonds is 5. The SMILES string of the molecule is CCN(C(=O)c1cccn1CC(=O)O)c1cccc(F)c1. The Bertz CT molecular complexity index is 666. The molecule has 0 aliphatic carbocycles. The van der Waals surface area contributed by atoms with Crippen molar-refractivity contribution >= 4 is 17.6 Å². The molecule has 0 fully saturated rings. The van der Waals surface area contributed by atoms with Gasteiger partial charge < -0.3 is 14.6 Å². The monoisotopic (exact) mass is 290 g/mol. The fourth-order valence-electron chi connectivity index (χ4n) is 2.12. The molecule has 0 bridgehead atoms. The van der Waals surface area contributed by atoms with Crippen molar-refractivity contribution in [3.05, 3.63) is 54.1 Å². The zero-order chi connectivity index (χ0) is 15.4. The zero-order valence-electron chi connectivity index (χ0n) is 11.5. The minimum atomic E-state index is -1.03. The quantitative estimate of drug-likeness (QED) is 0.919. The molecule has 1 N–H and O–H groups in total. The van der Waals surface area contributed by atoms with E-state index in [4.69, 9.17) is 5.11 Å². The number of benzene rings is 1. The average molecular weight is 290 g/mol. The van der Waals surface area contributed by atoms with Crippen LogP contribution in [0.25, 0.3) is 0 Å². The van der Waals surface area contributed by atoms with Crippen molar-refractivity contribution in [2.24, 2.45) is 0 Å². The number of aromatic nitrogens is 1. The number of carboxylic acid groups (broad SMARTS) is 1. The highest BCUT2D eigenvalue weighted by atomic mass is 19.1. The first-order valence-corrected chi connectivity index (χ1v) is 6.47. The molecule has 0 unspecified atom stereocenters. The first kappa shape index (κ1) is 14.8. The lowest BCUT2D eigenvalue weighted by Gasteiger charge is -2.21. The first-order valence-electron chi connectivity index (χ1n) is 6.47. The van der Waals surface area contributed by atoms with Crippen LogP contribution in [-0.4, -0.2) is 28.1 Å². The van der Waals surface area contributed by atoms with Crippen LogP contribution >= 0.6 is 0 Å². The van der Waals surface area contributed by atoms with Gasteiger partial charge in [0.1, 0.15) is 18.1 Å². The molecule has 0 aliphatic heterocycles. The molecule has 2 aromatic rings. The summed E-state index contributed by atoms with van der Waals surface area (Å²) < 4.78 is 14.7. The van der Waals surface area contributed by atoms with Crippen LogP contribution in [0.5, 0.6) is 0 Å². The summed E-state index contributed by atoms with van der Waals surface area (Å²) in [4.78, 5) is 24.7. The van der Waals surface area contributed by atoms with Gasteiger partial charge in [-0.1, -0.05) is 6.07 Å². The number of aliphatic carboxylic acids is 1. The van der Waals surface area contributed by atoms with E-state index in [0.717, 1.165) is 0 Å². The number of carboxylic acids is 1. The minimum Gasteiger partial charge on any atom is -0.480 e. The van der Waals surface area contributed by atoms with Crippen LogP contribution in [0.1, 0.15) is 17.4 Å². The molecule has 1 aromatic carbocycles. The normalized spacial score (nSPS) is 10.4. The molecule has 0 atom stereocenters. The fraction of sp³-hybridized carbons (Fsp3) is 0.200. The smallest absolute Gasteiger partial charge is 0.323 e. The van der Waals surface area contributed by atoms with E-state index in [-0.39, 0.29) is 18.1 Å². The molecule has 110 valence electrons. The van der Waals surface area contributed by atoms with Gasteiger partial charge in [0.25, 0.3) is 5.91 Å². The van der Waals surface area contributed by atoms with E-state index in [1.165, 1.54) is 33.9 Å². The van der Waals surface area contributed by atoms with E-state index in [0.29, 0.717) is 12.2 Å². The summed E-state index contributed by atoms with van der Waals surface area (Å²) in [6.07, 6.45) is 1.53. The number of amides is 1. The Hall–Kier alpha value is -2.63. The highest BCUT2D eigenvalue weighted by Gasteiger charge is 2.20. The number of halogens is 1. The van der Waals surface area contributed by atoms with Crippen molar-refractivity contribution in [2.45, 2.75) is 13.5 Å². The van der Waals surface area contributed by atoms with Gasteiger partial charge in [0, 0.05) is 18.4 Å². The Morgan fingerprint density at radius 3 is 2.67 bits per heavy atom. The summed E-state index contributed by atoms with van der Waals surface area (Å²) in [7, 11) is 0. The van der Waals surface area contributed by atoms with Crippen LogP contribution in [0.3, 0.4) is 0 Å². The lowest BCUT2D eigenvalue weighted by atomic mass is 10.2. The first-order chi connectivity index (χ1) is 10.0. The van der Waals surface area contributed by atoms with E-state index in [1.807, 2.05) is 0 Å². The Morgan fingerprint density at radius 2 is 2.05 bits per heavy atom. The maximum absolute atomic E-state index is 13.3. The summed E-state index contributed by atoms with van der Waals surface area (Å²) in [5, 5.41) is 8.85. The highest BCUT2D eigenvalue weighted by molar-refractivity contribution is 6.05. The largest absolute Gasteiger partial charge is 0.480 e. The molecule has 0 radical (unpaired) electrons. The molecule has 2 rings (SSSR count). The van der Waals surface area contributed by atoms with Crippen molar-refractivity contribution in [3.8, 4) is 0 Å². The van der Waals surface area contributed by atoms with Crippen LogP contribution in [0.2, 0.25) is 0 Å². The van der Waals surface area contributed by atoms with E-state index in [9.17, 15) is 14.0 Å². The summed E-state index contributed by atoms with van der Waals surface area (Å²) in [5.74, 6) is -1.83. The second-order valence-electron chi connectivity index (χ2n) is 4.44. The standard InChI is InChI=1S/C15H15FN2O3/c1-2-18(12-6-3-5-11(16)9-12)15(21)13-7-4-8-17(13)10-14(19)20/h3-9H,2,10H2,1H3,(H,19,20). The second-order valence-corrected chi connectivity index (χ2v) is 4.44. The van der Waals surface area contributed by atoms with Crippen molar-refractivity contribution < 1.29 is 19.1 Å². The Morgan fingerprint density at radius 1 is 1.29 bits per heavy atom. The predicted molar refractivity (Wildman–Crippen MR) is 75.8 cm³/mol. The van der Waals surface area contributed by atoms with Gasteiger partial charge in [-0.25, -0.2) is 4.39 Å². The number of carbonyl (C=O) groups is 2. The molecule has 1 amide bonds. The van der Waals surface area contributed by atoms with Crippen molar-refractivity contribution in [1.29, 1.82) is 0 Å². The van der Waals surface area contributed by atoms with Crippen molar-refractivity contribution in [3.63, 3.8) is 0 Å². The van der Waals surface area contributed by atoms with Crippen molar-refractivity contribution in [2.75, 3.05) is 11.4 Å². The maximum atomic E-state index is 13.3. The van der Waals surface area contributed by atoms with Gasteiger partial charge in [-0.2, -0.15) is 0 Å². The average Bonchev–Trinajstić information content (AvgIpc) is 2.86. The van der Waals surface area contributed by atoms with Crippen molar-refractivity contribution in [1.82, 2.24) is 4.57 Å². The van der Waals surface area contributed by atoms with Gasteiger partial charge in [0.05, 0.1) is 0 Å². The third-order valence-electron chi connectivity index (χ3n) is 3.04. The predicted octanol–water partition coefficient (Wildman–Crippen LogP) is 2.38. The number of hydrogen-bond acceptors (Lipinski definition) is 2. The third kappa shape index (κ3) is 3.28. The van der Waals surface area contributed by atoms with Crippen LogP contribution in [0.15, 0.2) is 42.6 Å². The Labute approximate surface area is 121 Å². The number of carbonyl (C=O) groups excluding carboxylic acids is 1. The van der Waals surface area contributed by atoms with E-state index in [2.05, 4.69) is 0 Å². The summed E-state index contributed by atoms with van der Waals surface area (Å²) in [5.41, 5.74) is 0.689. The Kier molecular flexibility index (Phi) is 4.37. The lowest BCUT2D eigenvalue weighted by Crippen LogP contribution is -2.32. The number of nitrogens with zero attached hydrogens (tertiary/aromatic N) is 2. The molecular weight excluding hydrogens is 275 g/mol. The van der Waals surface area contributed by atoms with Crippen LogP contribution in [0.4, 0.5) is 10.1 Å².